The first kappa shape index (κ1) is 10.2. The zero-order valence-corrected chi connectivity index (χ0v) is 8.74. The Morgan fingerprint density at radius 3 is 1.93 bits per heavy atom. The predicted molar refractivity (Wildman–Crippen MR) is 54.9 cm³/mol. The van der Waals surface area contributed by atoms with Crippen LogP contribution in [0, 0.1) is 11.8 Å². The molecule has 2 heteroatoms. The molecule has 2 saturated carbocycles. The molecule has 0 aromatic heterocycles. The number of hydrogen-bond acceptors (Lipinski definition) is 2. The standard InChI is InChI=1S/C12H20O2/c13-11-5-1-9(2-6-11)10-3-7-12(14)8-4-10/h9-11,13H,1-8H2. The monoisotopic (exact) mass is 196 g/mol. The van der Waals surface area contributed by atoms with E-state index in [1.165, 1.54) is 12.8 Å². The van der Waals surface area contributed by atoms with Gasteiger partial charge in [0.2, 0.25) is 0 Å². The summed E-state index contributed by atoms with van der Waals surface area (Å²) in [6.07, 6.45) is 8.12. The van der Waals surface area contributed by atoms with E-state index in [1.54, 1.807) is 0 Å². The van der Waals surface area contributed by atoms with E-state index in [-0.39, 0.29) is 6.10 Å². The van der Waals surface area contributed by atoms with E-state index in [4.69, 9.17) is 0 Å². The van der Waals surface area contributed by atoms with Crippen molar-refractivity contribution >= 4 is 5.78 Å². The van der Waals surface area contributed by atoms with Gasteiger partial charge >= 0.3 is 0 Å². The molecule has 14 heavy (non-hydrogen) atoms. The van der Waals surface area contributed by atoms with E-state index in [0.717, 1.165) is 50.4 Å². The Morgan fingerprint density at radius 2 is 1.36 bits per heavy atom. The molecule has 0 spiro atoms. The zero-order chi connectivity index (χ0) is 9.97. The highest BCUT2D eigenvalue weighted by atomic mass is 16.3. The molecule has 0 amide bonds. The van der Waals surface area contributed by atoms with Crippen LogP contribution in [-0.2, 0) is 4.79 Å². The third-order valence-corrected chi connectivity index (χ3v) is 4.00. The van der Waals surface area contributed by atoms with E-state index in [0.29, 0.717) is 5.78 Å². The highest BCUT2D eigenvalue weighted by Crippen LogP contribution is 2.37. The fourth-order valence-electron chi connectivity index (χ4n) is 3.01. The number of rotatable bonds is 1. The van der Waals surface area contributed by atoms with Gasteiger partial charge in [-0.25, -0.2) is 0 Å². The molecule has 0 unspecified atom stereocenters. The summed E-state index contributed by atoms with van der Waals surface area (Å²) < 4.78 is 0. The summed E-state index contributed by atoms with van der Waals surface area (Å²) in [5.74, 6) is 2.03. The van der Waals surface area contributed by atoms with Gasteiger partial charge < -0.3 is 5.11 Å². The van der Waals surface area contributed by atoms with Crippen molar-refractivity contribution in [3.8, 4) is 0 Å². The Bertz CT molecular complexity index is 194. The lowest BCUT2D eigenvalue weighted by Crippen LogP contribution is -2.27. The Balaban J connectivity index is 1.81. The minimum atomic E-state index is -0.0449. The van der Waals surface area contributed by atoms with E-state index >= 15 is 0 Å². The summed E-state index contributed by atoms with van der Waals surface area (Å²) in [7, 11) is 0. The molecule has 2 aliphatic carbocycles. The number of hydrogen-bond donors (Lipinski definition) is 1. The average Bonchev–Trinajstić information content (AvgIpc) is 2.21. The lowest BCUT2D eigenvalue weighted by Gasteiger charge is -2.34. The van der Waals surface area contributed by atoms with Crippen LogP contribution in [0.3, 0.4) is 0 Å². The molecule has 80 valence electrons. The van der Waals surface area contributed by atoms with Crippen LogP contribution in [0.25, 0.3) is 0 Å². The third kappa shape index (κ3) is 2.35. The minimum Gasteiger partial charge on any atom is -0.393 e. The molecule has 2 aliphatic rings. The van der Waals surface area contributed by atoms with Crippen LogP contribution < -0.4 is 0 Å². The van der Waals surface area contributed by atoms with Gasteiger partial charge in [-0.15, -0.1) is 0 Å². The van der Waals surface area contributed by atoms with E-state index < -0.39 is 0 Å². The van der Waals surface area contributed by atoms with Gasteiger partial charge in [-0.2, -0.15) is 0 Å². The number of aliphatic hydroxyl groups excluding tert-OH is 1. The third-order valence-electron chi connectivity index (χ3n) is 4.00. The van der Waals surface area contributed by atoms with Gasteiger partial charge in [-0.3, -0.25) is 4.79 Å². The van der Waals surface area contributed by atoms with Gasteiger partial charge in [0.15, 0.2) is 0 Å². The number of carbonyl (C=O) groups is 1. The first-order valence-corrected chi connectivity index (χ1v) is 5.95. The first-order valence-electron chi connectivity index (χ1n) is 5.95. The minimum absolute atomic E-state index is 0.0449. The van der Waals surface area contributed by atoms with Crippen LogP contribution in [0.15, 0.2) is 0 Å². The van der Waals surface area contributed by atoms with Crippen LogP contribution in [0.1, 0.15) is 51.4 Å². The van der Waals surface area contributed by atoms with Crippen LogP contribution >= 0.6 is 0 Å². The van der Waals surface area contributed by atoms with Crippen molar-refractivity contribution < 1.29 is 9.90 Å². The van der Waals surface area contributed by atoms with Gasteiger partial charge in [0.25, 0.3) is 0 Å². The molecule has 0 heterocycles. The normalized spacial score (nSPS) is 35.9. The molecule has 2 rings (SSSR count). The molecule has 1 N–H and O–H groups in total. The van der Waals surface area contributed by atoms with Crippen molar-refractivity contribution in [1.82, 2.24) is 0 Å². The van der Waals surface area contributed by atoms with Crippen molar-refractivity contribution in [2.75, 3.05) is 0 Å². The van der Waals surface area contributed by atoms with Gasteiger partial charge in [0.1, 0.15) is 5.78 Å². The predicted octanol–water partition coefficient (Wildman–Crippen LogP) is 2.30. The molecular formula is C12H20O2. The molecule has 2 fully saturated rings. The van der Waals surface area contributed by atoms with Crippen molar-refractivity contribution in [2.45, 2.75) is 57.5 Å². The Morgan fingerprint density at radius 1 is 0.857 bits per heavy atom. The van der Waals surface area contributed by atoms with Crippen LogP contribution in [0.5, 0.6) is 0 Å². The molecule has 0 atom stereocenters. The van der Waals surface area contributed by atoms with Crippen molar-refractivity contribution in [3.05, 3.63) is 0 Å². The molecule has 0 bridgehead atoms. The maximum Gasteiger partial charge on any atom is 0.132 e. The van der Waals surface area contributed by atoms with Crippen molar-refractivity contribution in [1.29, 1.82) is 0 Å². The van der Waals surface area contributed by atoms with E-state index in [2.05, 4.69) is 0 Å². The number of aliphatic hydroxyl groups is 1. The second-order valence-corrected chi connectivity index (χ2v) is 4.94. The van der Waals surface area contributed by atoms with E-state index in [1.807, 2.05) is 0 Å². The van der Waals surface area contributed by atoms with Gasteiger partial charge in [0, 0.05) is 12.8 Å². The summed E-state index contributed by atoms with van der Waals surface area (Å²) in [4.78, 5) is 11.1. The number of carbonyl (C=O) groups excluding carboxylic acids is 1. The second-order valence-electron chi connectivity index (χ2n) is 4.94. The maximum absolute atomic E-state index is 11.1. The van der Waals surface area contributed by atoms with Crippen LogP contribution in [0.4, 0.5) is 0 Å². The first-order chi connectivity index (χ1) is 6.75. The molecular weight excluding hydrogens is 176 g/mol. The summed E-state index contributed by atoms with van der Waals surface area (Å²) in [5, 5.41) is 9.41. The highest BCUT2D eigenvalue weighted by molar-refractivity contribution is 5.79. The average molecular weight is 196 g/mol. The van der Waals surface area contributed by atoms with Crippen molar-refractivity contribution in [2.24, 2.45) is 11.8 Å². The van der Waals surface area contributed by atoms with Gasteiger partial charge in [-0.1, -0.05) is 0 Å². The van der Waals surface area contributed by atoms with Gasteiger partial charge in [-0.05, 0) is 50.4 Å². The quantitative estimate of drug-likeness (QED) is 0.698. The summed E-state index contributed by atoms with van der Waals surface area (Å²) >= 11 is 0. The topological polar surface area (TPSA) is 37.3 Å². The molecule has 0 aromatic rings. The lowest BCUT2D eigenvalue weighted by molar-refractivity contribution is -0.121. The Hall–Kier alpha value is -0.370. The molecule has 0 aliphatic heterocycles. The smallest absolute Gasteiger partial charge is 0.132 e. The van der Waals surface area contributed by atoms with Gasteiger partial charge in [0.05, 0.1) is 6.10 Å². The summed E-state index contributed by atoms with van der Waals surface area (Å²) in [5.41, 5.74) is 0. The van der Waals surface area contributed by atoms with E-state index in [9.17, 15) is 9.90 Å². The lowest BCUT2D eigenvalue weighted by atomic mass is 9.73. The van der Waals surface area contributed by atoms with Crippen molar-refractivity contribution in [3.63, 3.8) is 0 Å². The number of ketones is 1. The van der Waals surface area contributed by atoms with Crippen LogP contribution in [-0.4, -0.2) is 17.0 Å². The fraction of sp³-hybridized carbons (Fsp3) is 0.917. The molecule has 0 aromatic carbocycles. The largest absolute Gasteiger partial charge is 0.393 e. The summed E-state index contributed by atoms with van der Waals surface area (Å²) in [6, 6.07) is 0. The number of Topliss-reactive ketones (excluding diaryl/α,β-unsaturated/α-hetero) is 1. The Kier molecular flexibility index (Phi) is 3.22. The Labute approximate surface area is 85.7 Å². The highest BCUT2D eigenvalue weighted by Gasteiger charge is 2.29. The zero-order valence-electron chi connectivity index (χ0n) is 8.74. The summed E-state index contributed by atoms with van der Waals surface area (Å²) in [6.45, 7) is 0. The molecule has 0 radical (unpaired) electrons. The molecule has 2 nitrogen and oxygen atoms in total. The van der Waals surface area contributed by atoms with Crippen LogP contribution in [0.2, 0.25) is 0 Å². The SMILES string of the molecule is O=C1CCC(C2CCC(O)CC2)CC1. The second kappa shape index (κ2) is 4.43. The molecule has 0 saturated heterocycles. The maximum atomic E-state index is 11.1. The fourth-order valence-corrected chi connectivity index (χ4v) is 3.01.